The molecule has 38 heavy (non-hydrogen) atoms. The molecular weight excluding hydrogens is 492 g/mol. The molecule has 11 nitrogen and oxygen atoms in total. The minimum Gasteiger partial charge on any atom is -0.497 e. The molecule has 0 aliphatic heterocycles. The van der Waals surface area contributed by atoms with Crippen LogP contribution in [-0.2, 0) is 0 Å². The molecule has 3 aromatic carbocycles. The lowest BCUT2D eigenvalue weighted by Gasteiger charge is -2.10. The smallest absolute Gasteiger partial charge is 0.343 e. The van der Waals surface area contributed by atoms with Crippen LogP contribution in [-0.4, -0.2) is 42.2 Å². The Morgan fingerprint density at radius 3 is 2.42 bits per heavy atom. The number of nitrogens with zero attached hydrogens (tertiary/aromatic N) is 3. The van der Waals surface area contributed by atoms with Gasteiger partial charge in [-0.3, -0.25) is 19.9 Å². The summed E-state index contributed by atoms with van der Waals surface area (Å²) in [5, 5.41) is 15.5. The summed E-state index contributed by atoms with van der Waals surface area (Å²) in [6, 6.07) is 16.7. The topological polar surface area (TPSA) is 142 Å². The third kappa shape index (κ3) is 5.73. The predicted octanol–water partition coefficient (Wildman–Crippen LogP) is 4.45. The average Bonchev–Trinajstić information content (AvgIpc) is 2.92. The number of ether oxygens (including phenoxy) is 3. The maximum absolute atomic E-state index is 12.9. The zero-order valence-corrected chi connectivity index (χ0v) is 20.6. The number of nitro groups is 1. The van der Waals surface area contributed by atoms with Gasteiger partial charge in [-0.25, -0.2) is 10.2 Å². The molecule has 0 unspecified atom stereocenters. The first-order chi connectivity index (χ1) is 18.3. The van der Waals surface area contributed by atoms with E-state index in [-0.39, 0.29) is 22.7 Å². The van der Waals surface area contributed by atoms with Gasteiger partial charge in [-0.15, -0.1) is 0 Å². The number of nitrogens with one attached hydrogen (secondary N) is 1. The first kappa shape index (κ1) is 25.8. The Kier molecular flexibility index (Phi) is 7.57. The summed E-state index contributed by atoms with van der Waals surface area (Å²) >= 11 is 0. The molecule has 0 saturated carbocycles. The van der Waals surface area contributed by atoms with E-state index in [0.717, 1.165) is 0 Å². The lowest BCUT2D eigenvalue weighted by molar-refractivity contribution is -0.384. The highest BCUT2D eigenvalue weighted by molar-refractivity contribution is 6.06. The third-order valence-corrected chi connectivity index (χ3v) is 5.47. The second-order valence-electron chi connectivity index (χ2n) is 8.00. The number of hydrazone groups is 1. The van der Waals surface area contributed by atoms with Gasteiger partial charge in [0, 0.05) is 23.2 Å². The van der Waals surface area contributed by atoms with E-state index in [1.54, 1.807) is 50.4 Å². The highest BCUT2D eigenvalue weighted by atomic mass is 16.6. The Morgan fingerprint density at radius 1 is 0.974 bits per heavy atom. The number of benzene rings is 3. The predicted molar refractivity (Wildman–Crippen MR) is 139 cm³/mol. The van der Waals surface area contributed by atoms with Crippen LogP contribution in [0.4, 0.5) is 5.69 Å². The van der Waals surface area contributed by atoms with Crippen molar-refractivity contribution in [2.24, 2.45) is 5.10 Å². The zero-order valence-electron chi connectivity index (χ0n) is 20.6. The van der Waals surface area contributed by atoms with Gasteiger partial charge >= 0.3 is 5.97 Å². The molecule has 1 amide bonds. The van der Waals surface area contributed by atoms with E-state index < -0.39 is 16.8 Å². The van der Waals surface area contributed by atoms with Gasteiger partial charge in [0.05, 0.1) is 42.0 Å². The Balaban J connectivity index is 1.47. The van der Waals surface area contributed by atoms with Crippen LogP contribution in [0.2, 0.25) is 0 Å². The summed E-state index contributed by atoms with van der Waals surface area (Å²) in [5.74, 6) is -0.140. The first-order valence-corrected chi connectivity index (χ1v) is 11.2. The van der Waals surface area contributed by atoms with Crippen molar-refractivity contribution in [1.29, 1.82) is 0 Å². The van der Waals surface area contributed by atoms with Crippen LogP contribution in [0.1, 0.15) is 32.0 Å². The van der Waals surface area contributed by atoms with Gasteiger partial charge in [0.2, 0.25) is 0 Å². The molecule has 0 aliphatic rings. The van der Waals surface area contributed by atoms with Crippen LogP contribution < -0.4 is 19.6 Å². The van der Waals surface area contributed by atoms with E-state index in [1.807, 2.05) is 0 Å². The minimum absolute atomic E-state index is 0.137. The van der Waals surface area contributed by atoms with Gasteiger partial charge in [0.25, 0.3) is 11.6 Å². The lowest BCUT2D eigenvalue weighted by atomic mass is 10.1. The number of amides is 1. The van der Waals surface area contributed by atoms with Crippen molar-refractivity contribution in [2.75, 3.05) is 14.2 Å². The number of hydrogen-bond donors (Lipinski definition) is 1. The minimum atomic E-state index is -0.705. The summed E-state index contributed by atoms with van der Waals surface area (Å²) < 4.78 is 16.0. The highest BCUT2D eigenvalue weighted by Crippen LogP contribution is 2.29. The van der Waals surface area contributed by atoms with E-state index >= 15 is 0 Å². The van der Waals surface area contributed by atoms with Crippen LogP contribution in [0.3, 0.4) is 0 Å². The molecule has 1 N–H and O–H groups in total. The Morgan fingerprint density at radius 2 is 1.74 bits per heavy atom. The van der Waals surface area contributed by atoms with Crippen molar-refractivity contribution in [2.45, 2.75) is 6.92 Å². The molecule has 0 fully saturated rings. The number of rotatable bonds is 8. The molecule has 11 heteroatoms. The quantitative estimate of drug-likeness (QED) is 0.119. The number of nitro benzene ring substituents is 1. The Hall–Kier alpha value is -5.32. The molecule has 4 aromatic rings. The molecule has 1 heterocycles. The van der Waals surface area contributed by atoms with Gasteiger partial charge < -0.3 is 14.2 Å². The SMILES string of the molecule is COc1ccc2nc(C)cc(C(=O)NN=Cc3ccc(OC(=O)c4ccc([N+](=O)[O-])cc4)c(OC)c3)c2c1. The van der Waals surface area contributed by atoms with Crippen molar-refractivity contribution in [3.8, 4) is 17.2 Å². The number of methoxy groups -OCH3 is 2. The summed E-state index contributed by atoms with van der Waals surface area (Å²) in [6.07, 6.45) is 1.42. The second-order valence-corrected chi connectivity index (χ2v) is 8.00. The monoisotopic (exact) mass is 514 g/mol. The number of esters is 1. The zero-order chi connectivity index (χ0) is 27.2. The largest absolute Gasteiger partial charge is 0.497 e. The third-order valence-electron chi connectivity index (χ3n) is 5.47. The van der Waals surface area contributed by atoms with E-state index in [9.17, 15) is 19.7 Å². The van der Waals surface area contributed by atoms with Crippen molar-refractivity contribution >= 4 is 34.7 Å². The number of pyridine rings is 1. The van der Waals surface area contributed by atoms with Gasteiger partial charge in [0.15, 0.2) is 11.5 Å². The number of non-ortho nitro benzene ring substituents is 1. The fraction of sp³-hybridized carbons (Fsp3) is 0.111. The van der Waals surface area contributed by atoms with Crippen molar-refractivity contribution < 1.29 is 28.7 Å². The number of fused-ring (bicyclic) bond motifs is 1. The van der Waals surface area contributed by atoms with Crippen molar-refractivity contribution in [3.05, 3.63) is 99.2 Å². The first-order valence-electron chi connectivity index (χ1n) is 11.2. The van der Waals surface area contributed by atoms with Gasteiger partial charge in [-0.2, -0.15) is 5.10 Å². The van der Waals surface area contributed by atoms with Gasteiger partial charge in [-0.1, -0.05) is 0 Å². The number of aromatic nitrogens is 1. The average molecular weight is 514 g/mol. The van der Waals surface area contributed by atoms with Crippen LogP contribution in [0, 0.1) is 17.0 Å². The number of aryl methyl sites for hydroxylation is 1. The van der Waals surface area contributed by atoms with E-state index in [1.165, 1.54) is 43.7 Å². The molecule has 0 spiro atoms. The number of carbonyl (C=O) groups excluding carboxylic acids is 2. The fourth-order valence-corrected chi connectivity index (χ4v) is 3.60. The maximum atomic E-state index is 12.9. The normalized spacial score (nSPS) is 10.8. The van der Waals surface area contributed by atoms with Crippen LogP contribution in [0.25, 0.3) is 10.9 Å². The van der Waals surface area contributed by atoms with Crippen LogP contribution >= 0.6 is 0 Å². The molecule has 0 aliphatic carbocycles. The van der Waals surface area contributed by atoms with Crippen LogP contribution in [0.15, 0.2) is 71.8 Å². The molecule has 0 saturated heterocycles. The van der Waals surface area contributed by atoms with Crippen molar-refractivity contribution in [1.82, 2.24) is 10.4 Å². The second kappa shape index (κ2) is 11.2. The lowest BCUT2D eigenvalue weighted by Crippen LogP contribution is -2.18. The molecule has 0 radical (unpaired) electrons. The van der Waals surface area contributed by atoms with Crippen molar-refractivity contribution in [3.63, 3.8) is 0 Å². The van der Waals surface area contributed by atoms with Gasteiger partial charge in [0.1, 0.15) is 5.75 Å². The fourth-order valence-electron chi connectivity index (χ4n) is 3.60. The van der Waals surface area contributed by atoms with E-state index in [2.05, 4.69) is 15.5 Å². The molecule has 1 aromatic heterocycles. The van der Waals surface area contributed by atoms with E-state index in [0.29, 0.717) is 33.5 Å². The molecule has 192 valence electrons. The maximum Gasteiger partial charge on any atom is 0.343 e. The molecule has 0 bridgehead atoms. The summed E-state index contributed by atoms with van der Waals surface area (Å²) in [4.78, 5) is 40.0. The summed E-state index contributed by atoms with van der Waals surface area (Å²) in [7, 11) is 2.95. The molecular formula is C27H22N4O7. The Bertz CT molecular complexity index is 1570. The Labute approximate surface area is 216 Å². The highest BCUT2D eigenvalue weighted by Gasteiger charge is 2.15. The standard InChI is InChI=1S/C27H22N4O7/c1-16-12-22(21-14-20(36-2)9-10-23(21)29-16)26(32)30-28-15-17-4-11-24(25(13-17)37-3)38-27(33)18-5-7-19(8-6-18)31(34)35/h4-15H,1-3H3,(H,30,32). The van der Waals surface area contributed by atoms with Gasteiger partial charge in [-0.05, 0) is 67.1 Å². The molecule has 4 rings (SSSR count). The van der Waals surface area contributed by atoms with Crippen LogP contribution in [0.5, 0.6) is 17.2 Å². The summed E-state index contributed by atoms with van der Waals surface area (Å²) in [6.45, 7) is 1.80. The summed E-state index contributed by atoms with van der Waals surface area (Å²) in [5.41, 5.74) is 4.81. The number of carbonyl (C=O) groups is 2. The molecule has 0 atom stereocenters. The number of hydrogen-bond acceptors (Lipinski definition) is 9. The van der Waals surface area contributed by atoms with E-state index in [4.69, 9.17) is 14.2 Å².